The second kappa shape index (κ2) is 9.20. The number of benzene rings is 1. The van der Waals surface area contributed by atoms with Crippen LogP contribution in [0.15, 0.2) is 30.5 Å². The van der Waals surface area contributed by atoms with Gasteiger partial charge in [0, 0.05) is 31.2 Å². The fourth-order valence-corrected chi connectivity index (χ4v) is 7.05. The van der Waals surface area contributed by atoms with E-state index in [-0.39, 0.29) is 31.2 Å². The molecule has 0 unspecified atom stereocenters. The third kappa shape index (κ3) is 4.46. The largest absolute Gasteiger partial charge is 0.394 e. The van der Waals surface area contributed by atoms with Gasteiger partial charge in [-0.3, -0.25) is 9.59 Å². The van der Waals surface area contributed by atoms with Gasteiger partial charge in [-0.15, -0.1) is 0 Å². The second-order valence-corrected chi connectivity index (χ2v) is 13.0. The van der Waals surface area contributed by atoms with Crippen molar-refractivity contribution in [1.82, 2.24) is 19.8 Å². The van der Waals surface area contributed by atoms with Gasteiger partial charge in [-0.05, 0) is 44.4 Å². The van der Waals surface area contributed by atoms with Gasteiger partial charge in [0.25, 0.3) is 11.8 Å². The van der Waals surface area contributed by atoms with Gasteiger partial charge in [-0.25, -0.2) is 13.4 Å². The minimum absolute atomic E-state index is 0.0149. The van der Waals surface area contributed by atoms with Gasteiger partial charge in [0.2, 0.25) is 0 Å². The topological polar surface area (TPSA) is 142 Å². The zero-order valence-electron chi connectivity index (χ0n) is 19.6. The van der Waals surface area contributed by atoms with Crippen LogP contribution in [0.3, 0.4) is 0 Å². The van der Waals surface area contributed by atoms with Gasteiger partial charge in [0.05, 0.1) is 28.4 Å². The molecule has 2 heterocycles. The van der Waals surface area contributed by atoms with Crippen LogP contribution in [-0.2, 0) is 22.9 Å². The molecule has 4 rings (SSSR count). The maximum absolute atomic E-state index is 13.4. The number of fused-ring (bicyclic) bond motifs is 1. The molecule has 2 amide bonds. The Bertz CT molecular complexity index is 1240. The molecule has 1 saturated carbocycles. The van der Waals surface area contributed by atoms with E-state index in [0.29, 0.717) is 24.4 Å². The summed E-state index contributed by atoms with van der Waals surface area (Å²) in [4.78, 5) is 31.5. The molecule has 0 bridgehead atoms. The minimum atomic E-state index is -3.88. The van der Waals surface area contributed by atoms with Crippen molar-refractivity contribution in [2.75, 3.05) is 19.7 Å². The van der Waals surface area contributed by atoms with E-state index in [2.05, 4.69) is 10.3 Å². The number of aliphatic hydroxyl groups is 2. The molecule has 10 nitrogen and oxygen atoms in total. The Morgan fingerprint density at radius 2 is 1.91 bits per heavy atom. The van der Waals surface area contributed by atoms with Crippen molar-refractivity contribution in [1.29, 1.82) is 0 Å². The molecule has 1 atom stereocenters. The van der Waals surface area contributed by atoms with E-state index in [4.69, 9.17) is 11.6 Å². The number of hydrogen-bond donors (Lipinski definition) is 3. The number of rotatable bonds is 9. The number of imidazole rings is 1. The molecular formula is C23H29ClN4O6S. The predicted octanol–water partition coefficient (Wildman–Crippen LogP) is 1.00. The number of aliphatic hydroxyl groups excluding tert-OH is 2. The Morgan fingerprint density at radius 3 is 2.51 bits per heavy atom. The first-order chi connectivity index (χ1) is 16.4. The quantitative estimate of drug-likeness (QED) is 0.444. The number of aromatic nitrogens is 2. The van der Waals surface area contributed by atoms with E-state index < -0.39 is 43.9 Å². The fraction of sp³-hybridized carbons (Fsp3) is 0.522. The number of halogens is 1. The van der Waals surface area contributed by atoms with E-state index in [1.807, 2.05) is 0 Å². The van der Waals surface area contributed by atoms with Gasteiger partial charge in [-0.1, -0.05) is 23.7 Å². The van der Waals surface area contributed by atoms with Crippen LogP contribution in [0.25, 0.3) is 0 Å². The summed E-state index contributed by atoms with van der Waals surface area (Å²) in [5.74, 6) is -0.709. The zero-order valence-corrected chi connectivity index (χ0v) is 21.1. The minimum Gasteiger partial charge on any atom is -0.394 e. The van der Waals surface area contributed by atoms with Crippen molar-refractivity contribution in [2.45, 2.75) is 55.4 Å². The number of nitrogens with zero attached hydrogens (tertiary/aromatic N) is 3. The fourth-order valence-electron chi connectivity index (χ4n) is 4.41. The molecule has 0 spiro atoms. The first-order valence-corrected chi connectivity index (χ1v) is 13.2. The van der Waals surface area contributed by atoms with Crippen LogP contribution >= 0.6 is 11.6 Å². The van der Waals surface area contributed by atoms with Crippen LogP contribution in [0.1, 0.15) is 53.4 Å². The lowest BCUT2D eigenvalue weighted by Gasteiger charge is -2.37. The van der Waals surface area contributed by atoms with Gasteiger partial charge in [0.1, 0.15) is 5.69 Å². The molecule has 2 aromatic rings. The van der Waals surface area contributed by atoms with Gasteiger partial charge < -0.3 is 25.0 Å². The summed E-state index contributed by atoms with van der Waals surface area (Å²) >= 11 is 5.88. The first kappa shape index (κ1) is 25.6. The molecule has 190 valence electrons. The van der Waals surface area contributed by atoms with E-state index in [9.17, 15) is 28.2 Å². The van der Waals surface area contributed by atoms with Crippen LogP contribution in [0.2, 0.25) is 5.02 Å². The average molecular weight is 525 g/mol. The standard InChI is InChI=1S/C23H29ClN4O6S/c1-22(2,18(30)13-29)35(33,34)23(7-8-23)14-27-9-10-28-17(21(27)32)12-25-19(28)20(31)26-11-15-3-5-16(24)6-4-15/h3-6,12,18,29-30H,7-11,13-14H2,1-2H3,(H,26,31)/t18-/m0/s1. The highest BCUT2D eigenvalue weighted by atomic mass is 35.5. The lowest BCUT2D eigenvalue weighted by molar-refractivity contribution is 0.0665. The Morgan fingerprint density at radius 1 is 1.26 bits per heavy atom. The maximum Gasteiger partial charge on any atom is 0.287 e. The third-order valence-corrected chi connectivity index (χ3v) is 10.6. The van der Waals surface area contributed by atoms with E-state index in [1.54, 1.807) is 28.8 Å². The molecule has 0 saturated heterocycles. The number of nitrogens with one attached hydrogen (secondary N) is 1. The van der Waals surface area contributed by atoms with E-state index >= 15 is 0 Å². The first-order valence-electron chi connectivity index (χ1n) is 11.3. The monoisotopic (exact) mass is 524 g/mol. The number of carbonyl (C=O) groups excluding carboxylic acids is 2. The number of amides is 2. The number of sulfone groups is 1. The Hall–Kier alpha value is -2.47. The van der Waals surface area contributed by atoms with Crippen LogP contribution in [0.5, 0.6) is 0 Å². The molecule has 3 N–H and O–H groups in total. The molecule has 0 radical (unpaired) electrons. The van der Waals surface area contributed by atoms with Crippen molar-refractivity contribution >= 4 is 33.3 Å². The molecule has 1 aliphatic carbocycles. The third-order valence-electron chi connectivity index (χ3n) is 7.05. The molecule has 1 aliphatic heterocycles. The summed E-state index contributed by atoms with van der Waals surface area (Å²) in [6.07, 6.45) is 0.646. The summed E-state index contributed by atoms with van der Waals surface area (Å²) in [5, 5.41) is 22.8. The normalized spacial score (nSPS) is 18.2. The van der Waals surface area contributed by atoms with Crippen LogP contribution in [-0.4, -0.2) is 80.2 Å². The van der Waals surface area contributed by atoms with Crippen molar-refractivity contribution in [3.63, 3.8) is 0 Å². The molecule has 1 fully saturated rings. The highest BCUT2D eigenvalue weighted by Crippen LogP contribution is 2.49. The van der Waals surface area contributed by atoms with Crippen molar-refractivity contribution in [3.05, 3.63) is 52.6 Å². The summed E-state index contributed by atoms with van der Waals surface area (Å²) in [6.45, 7) is 2.89. The smallest absolute Gasteiger partial charge is 0.287 e. The lowest BCUT2D eigenvalue weighted by Crippen LogP contribution is -2.55. The molecule has 2 aliphatic rings. The summed E-state index contributed by atoms with van der Waals surface area (Å²) in [5.41, 5.74) is 1.08. The summed E-state index contributed by atoms with van der Waals surface area (Å²) < 4.78 is 25.6. The van der Waals surface area contributed by atoms with Crippen LogP contribution < -0.4 is 5.32 Å². The molecule has 12 heteroatoms. The maximum atomic E-state index is 13.4. The molecule has 1 aromatic heterocycles. The second-order valence-electron chi connectivity index (χ2n) is 9.64. The molecule has 1 aromatic carbocycles. The predicted molar refractivity (Wildman–Crippen MR) is 129 cm³/mol. The number of hydrogen-bond acceptors (Lipinski definition) is 7. The number of carbonyl (C=O) groups is 2. The Balaban J connectivity index is 1.47. The SMILES string of the molecule is CC(C)([C@@H](O)CO)S(=O)(=O)C1(CN2CCn3c(cnc3C(=O)NCc3ccc(Cl)cc3)C2=O)CC1. The summed E-state index contributed by atoms with van der Waals surface area (Å²) in [7, 11) is -3.88. The van der Waals surface area contributed by atoms with Crippen molar-refractivity contribution in [3.8, 4) is 0 Å². The molecule has 35 heavy (non-hydrogen) atoms. The Kier molecular flexibility index (Phi) is 6.73. The Labute approximate surface area is 208 Å². The van der Waals surface area contributed by atoms with E-state index in [0.717, 1.165) is 5.56 Å². The highest BCUT2D eigenvalue weighted by Gasteiger charge is 2.62. The molecular weight excluding hydrogens is 496 g/mol. The van der Waals surface area contributed by atoms with Crippen LogP contribution in [0.4, 0.5) is 0 Å². The van der Waals surface area contributed by atoms with Gasteiger partial charge in [-0.2, -0.15) is 0 Å². The zero-order chi connectivity index (χ0) is 25.6. The van der Waals surface area contributed by atoms with E-state index in [1.165, 1.54) is 24.9 Å². The average Bonchev–Trinajstić information content (AvgIpc) is 3.50. The van der Waals surface area contributed by atoms with Crippen molar-refractivity contribution < 1.29 is 28.2 Å². The lowest BCUT2D eigenvalue weighted by atomic mass is 10.1. The van der Waals surface area contributed by atoms with Gasteiger partial charge >= 0.3 is 0 Å². The van der Waals surface area contributed by atoms with Crippen molar-refractivity contribution in [2.24, 2.45) is 0 Å². The highest BCUT2D eigenvalue weighted by molar-refractivity contribution is 7.94. The van der Waals surface area contributed by atoms with Crippen LogP contribution in [0, 0.1) is 0 Å². The van der Waals surface area contributed by atoms with Gasteiger partial charge in [0.15, 0.2) is 15.7 Å². The summed E-state index contributed by atoms with van der Waals surface area (Å²) in [6, 6.07) is 7.06.